The molecule has 0 bridgehead atoms. The monoisotopic (exact) mass is 464 g/mol. The molecular formula is C31H31NOP+. The molecule has 0 radical (unpaired) electrons. The standard InChI is InChI=1S/C31H30NOP/c1-2-3-16-25-32-31(33)30(26-17-8-4-9-18-26)34(27-19-10-5-11-20-27,28-21-12-6-13-22-28)29-23-14-7-15-24-29/h2,4-15,17-24,30H,1,3,16,25H2/p+1. The second kappa shape index (κ2) is 11.6. The summed E-state index contributed by atoms with van der Waals surface area (Å²) in [4.78, 5) is 14.2. The van der Waals surface area contributed by atoms with Crippen molar-refractivity contribution in [1.82, 2.24) is 5.32 Å². The van der Waals surface area contributed by atoms with Gasteiger partial charge in [0.25, 0.3) is 5.91 Å². The molecule has 0 aliphatic carbocycles. The number of carbonyl (C=O) groups excluding carboxylic acids is 1. The lowest BCUT2D eigenvalue weighted by Crippen LogP contribution is -2.42. The van der Waals surface area contributed by atoms with Gasteiger partial charge in [-0.3, -0.25) is 4.79 Å². The Hall–Kier alpha value is -3.48. The first-order valence-corrected chi connectivity index (χ1v) is 13.6. The highest BCUT2D eigenvalue weighted by atomic mass is 31.2. The van der Waals surface area contributed by atoms with Crippen LogP contribution in [-0.2, 0) is 4.79 Å². The van der Waals surface area contributed by atoms with E-state index in [0.717, 1.165) is 18.4 Å². The van der Waals surface area contributed by atoms with Gasteiger partial charge in [0.2, 0.25) is 0 Å². The molecule has 0 aromatic heterocycles. The molecule has 170 valence electrons. The molecule has 0 aliphatic heterocycles. The number of allylic oxidation sites excluding steroid dienone is 1. The van der Waals surface area contributed by atoms with Gasteiger partial charge in [0.1, 0.15) is 23.2 Å². The summed E-state index contributed by atoms with van der Waals surface area (Å²) in [7, 11) is -2.43. The Bertz CT molecular complexity index is 1080. The summed E-state index contributed by atoms with van der Waals surface area (Å²) in [5, 5.41) is 6.86. The Kier molecular flexibility index (Phi) is 8.07. The minimum Gasteiger partial charge on any atom is -0.352 e. The molecule has 3 heteroatoms. The van der Waals surface area contributed by atoms with Crippen molar-refractivity contribution in [3.63, 3.8) is 0 Å². The van der Waals surface area contributed by atoms with Crippen LogP contribution in [-0.4, -0.2) is 12.5 Å². The van der Waals surface area contributed by atoms with Crippen LogP contribution < -0.4 is 21.2 Å². The quantitative estimate of drug-likeness (QED) is 0.179. The van der Waals surface area contributed by atoms with Gasteiger partial charge in [-0.15, -0.1) is 6.58 Å². The van der Waals surface area contributed by atoms with Gasteiger partial charge in [-0.1, -0.05) is 91.0 Å². The number of hydrogen-bond acceptors (Lipinski definition) is 1. The highest BCUT2D eigenvalue weighted by molar-refractivity contribution is 7.96. The van der Waals surface area contributed by atoms with Gasteiger partial charge in [-0.25, -0.2) is 0 Å². The van der Waals surface area contributed by atoms with Crippen molar-refractivity contribution in [2.24, 2.45) is 0 Å². The molecule has 34 heavy (non-hydrogen) atoms. The van der Waals surface area contributed by atoms with Crippen LogP contribution in [0, 0.1) is 0 Å². The first-order valence-electron chi connectivity index (χ1n) is 11.8. The summed E-state index contributed by atoms with van der Waals surface area (Å²) in [5.74, 6) is 0.0696. The predicted octanol–water partition coefficient (Wildman–Crippen LogP) is 5.80. The minimum absolute atomic E-state index is 0.0696. The fraction of sp³-hybridized carbons (Fsp3) is 0.129. The first-order chi connectivity index (χ1) is 16.8. The smallest absolute Gasteiger partial charge is 0.266 e. The first kappa shape index (κ1) is 23.7. The number of unbranched alkanes of at least 4 members (excludes halogenated alkanes) is 1. The van der Waals surface area contributed by atoms with Crippen LogP contribution in [0.15, 0.2) is 134 Å². The molecule has 4 aromatic rings. The van der Waals surface area contributed by atoms with E-state index < -0.39 is 7.26 Å². The Balaban J connectivity index is 2.01. The summed E-state index contributed by atoms with van der Waals surface area (Å²) < 4.78 is 0. The Morgan fingerprint density at radius 3 is 1.53 bits per heavy atom. The van der Waals surface area contributed by atoms with Crippen molar-refractivity contribution in [3.05, 3.63) is 140 Å². The van der Waals surface area contributed by atoms with Gasteiger partial charge >= 0.3 is 0 Å². The van der Waals surface area contributed by atoms with E-state index in [-0.39, 0.29) is 11.6 Å². The van der Waals surface area contributed by atoms with E-state index in [1.165, 1.54) is 15.9 Å². The number of benzene rings is 4. The molecule has 1 amide bonds. The maximum atomic E-state index is 14.2. The summed E-state index contributed by atoms with van der Waals surface area (Å²) in [6.45, 7) is 4.44. The second-order valence-corrected chi connectivity index (χ2v) is 11.8. The van der Waals surface area contributed by atoms with E-state index in [1.807, 2.05) is 42.5 Å². The highest BCUT2D eigenvalue weighted by Gasteiger charge is 2.56. The van der Waals surface area contributed by atoms with E-state index in [2.05, 4.69) is 96.8 Å². The fourth-order valence-corrected chi connectivity index (χ4v) is 9.40. The van der Waals surface area contributed by atoms with Crippen LogP contribution in [0.1, 0.15) is 24.1 Å². The molecule has 2 nitrogen and oxygen atoms in total. The van der Waals surface area contributed by atoms with Gasteiger partial charge in [-0.05, 0) is 49.2 Å². The van der Waals surface area contributed by atoms with Gasteiger partial charge in [-0.2, -0.15) is 0 Å². The van der Waals surface area contributed by atoms with Crippen LogP contribution in [0.4, 0.5) is 0 Å². The molecule has 0 fully saturated rings. The lowest BCUT2D eigenvalue weighted by atomic mass is 10.1. The molecule has 1 N–H and O–H groups in total. The number of nitrogens with one attached hydrogen (secondary N) is 1. The third-order valence-corrected chi connectivity index (χ3v) is 10.8. The minimum atomic E-state index is -2.43. The maximum absolute atomic E-state index is 14.2. The SMILES string of the molecule is C=CCCCNC(=O)C(c1ccccc1)[P+](c1ccccc1)(c1ccccc1)c1ccccc1. The highest BCUT2D eigenvalue weighted by Crippen LogP contribution is 2.66. The largest absolute Gasteiger partial charge is 0.352 e. The van der Waals surface area contributed by atoms with Crippen LogP contribution in [0.3, 0.4) is 0 Å². The lowest BCUT2D eigenvalue weighted by molar-refractivity contribution is -0.120. The molecular weight excluding hydrogens is 433 g/mol. The molecule has 0 spiro atoms. The number of hydrogen-bond donors (Lipinski definition) is 1. The fourth-order valence-electron chi connectivity index (χ4n) is 4.62. The Labute approximate surface area is 203 Å². The molecule has 0 heterocycles. The number of rotatable bonds is 10. The van der Waals surface area contributed by atoms with Crippen molar-refractivity contribution in [1.29, 1.82) is 0 Å². The molecule has 0 aliphatic rings. The van der Waals surface area contributed by atoms with Crippen molar-refractivity contribution >= 4 is 29.1 Å². The molecule has 0 saturated carbocycles. The van der Waals surface area contributed by atoms with Gasteiger partial charge in [0, 0.05) is 12.1 Å². The molecule has 4 rings (SSSR count). The topological polar surface area (TPSA) is 29.1 Å². The van der Waals surface area contributed by atoms with Gasteiger partial charge in [0.05, 0.1) is 0 Å². The summed E-state index contributed by atoms with van der Waals surface area (Å²) in [6, 6.07) is 42.0. The zero-order chi connectivity index (χ0) is 23.6. The van der Waals surface area contributed by atoms with Crippen LogP contribution in [0.25, 0.3) is 0 Å². The number of amides is 1. The Morgan fingerprint density at radius 1 is 0.706 bits per heavy atom. The van der Waals surface area contributed by atoms with Crippen LogP contribution >= 0.6 is 7.26 Å². The summed E-state index contributed by atoms with van der Waals surface area (Å²) >= 11 is 0. The Morgan fingerprint density at radius 2 is 1.12 bits per heavy atom. The van der Waals surface area contributed by atoms with Crippen LogP contribution in [0.5, 0.6) is 0 Å². The van der Waals surface area contributed by atoms with Crippen molar-refractivity contribution < 1.29 is 4.79 Å². The van der Waals surface area contributed by atoms with E-state index in [9.17, 15) is 4.79 Å². The van der Waals surface area contributed by atoms with Gasteiger partial charge in [0.15, 0.2) is 5.66 Å². The van der Waals surface area contributed by atoms with Crippen LogP contribution in [0.2, 0.25) is 0 Å². The van der Waals surface area contributed by atoms with E-state index >= 15 is 0 Å². The third-order valence-electron chi connectivity index (χ3n) is 6.13. The molecule has 0 saturated heterocycles. The molecule has 1 unspecified atom stereocenters. The summed E-state index contributed by atoms with van der Waals surface area (Å²) in [6.07, 6.45) is 3.66. The van der Waals surface area contributed by atoms with Crippen molar-refractivity contribution in [3.8, 4) is 0 Å². The maximum Gasteiger partial charge on any atom is 0.266 e. The van der Waals surface area contributed by atoms with Gasteiger partial charge < -0.3 is 5.32 Å². The molecule has 4 aromatic carbocycles. The average molecular weight is 465 g/mol. The average Bonchev–Trinajstić information content (AvgIpc) is 2.91. The summed E-state index contributed by atoms with van der Waals surface area (Å²) in [5.41, 5.74) is 0.679. The second-order valence-electron chi connectivity index (χ2n) is 8.26. The zero-order valence-corrected chi connectivity index (χ0v) is 20.3. The van der Waals surface area contributed by atoms with Crippen molar-refractivity contribution in [2.75, 3.05) is 6.54 Å². The zero-order valence-electron chi connectivity index (χ0n) is 19.4. The molecule has 1 atom stereocenters. The van der Waals surface area contributed by atoms with E-state index in [1.54, 1.807) is 0 Å². The van der Waals surface area contributed by atoms with E-state index in [0.29, 0.717) is 6.54 Å². The predicted molar refractivity (Wildman–Crippen MR) is 147 cm³/mol. The normalized spacial score (nSPS) is 12.0. The van der Waals surface area contributed by atoms with Crippen molar-refractivity contribution in [2.45, 2.75) is 18.5 Å². The lowest BCUT2D eigenvalue weighted by Gasteiger charge is -2.34. The van der Waals surface area contributed by atoms with E-state index in [4.69, 9.17) is 0 Å². The third kappa shape index (κ3) is 4.88. The number of carbonyl (C=O) groups is 1.